The maximum Gasteiger partial charge on any atom is 0.416 e. The Morgan fingerprint density at radius 3 is 2.28 bits per heavy atom. The molecular weight excluding hydrogens is 531 g/mol. The van der Waals surface area contributed by atoms with Crippen LogP contribution in [0.2, 0.25) is 5.02 Å². The highest BCUT2D eigenvalue weighted by Crippen LogP contribution is 2.38. The second-order valence-corrected chi connectivity index (χ2v) is 9.53. The molecule has 2 unspecified atom stereocenters. The Hall–Kier alpha value is -3.09. The van der Waals surface area contributed by atoms with Crippen LogP contribution in [-0.4, -0.2) is 50.4 Å². The highest BCUT2D eigenvalue weighted by Gasteiger charge is 2.37. The molecule has 2 saturated heterocycles. The fraction of sp³-hybridized carbons (Fsp3) is 0.483. The number of benzene rings is 2. The topological polar surface area (TPSA) is 73.6 Å². The van der Waals surface area contributed by atoms with Crippen LogP contribution < -0.4 is 4.90 Å². The first-order valence-corrected chi connectivity index (χ1v) is 13.3. The lowest BCUT2D eigenvalue weighted by Crippen LogP contribution is -2.35. The van der Waals surface area contributed by atoms with Crippen molar-refractivity contribution in [3.63, 3.8) is 0 Å². The van der Waals surface area contributed by atoms with Crippen molar-refractivity contribution in [1.29, 1.82) is 5.26 Å². The van der Waals surface area contributed by atoms with Crippen molar-refractivity contribution in [2.45, 2.75) is 57.8 Å². The molecular formula is C29H35ClF3N3O3. The van der Waals surface area contributed by atoms with Gasteiger partial charge in [0.25, 0.3) is 0 Å². The van der Waals surface area contributed by atoms with E-state index in [2.05, 4.69) is 0 Å². The van der Waals surface area contributed by atoms with E-state index in [9.17, 15) is 22.8 Å². The summed E-state index contributed by atoms with van der Waals surface area (Å²) in [6.07, 6.45) is -0.465. The average molecular weight is 566 g/mol. The zero-order valence-corrected chi connectivity index (χ0v) is 23.4. The van der Waals surface area contributed by atoms with Gasteiger partial charge in [0, 0.05) is 30.1 Å². The quantitative estimate of drug-likeness (QED) is 0.305. The number of piperidine rings is 1. The average Bonchev–Trinajstić information content (AvgIpc) is 3.34. The molecule has 2 heterocycles. The van der Waals surface area contributed by atoms with Gasteiger partial charge < -0.3 is 14.4 Å². The Bertz CT molecular complexity index is 1140. The van der Waals surface area contributed by atoms with Gasteiger partial charge in [0.2, 0.25) is 0 Å². The Balaban J connectivity index is 0.000000260. The molecule has 0 spiro atoms. The monoisotopic (exact) mass is 565 g/mol. The fourth-order valence-electron chi connectivity index (χ4n) is 4.83. The predicted octanol–water partition coefficient (Wildman–Crippen LogP) is 6.67. The van der Waals surface area contributed by atoms with Gasteiger partial charge in [0.05, 0.1) is 23.9 Å². The first-order valence-electron chi connectivity index (χ1n) is 13.0. The number of aldehydes is 1. The van der Waals surface area contributed by atoms with E-state index < -0.39 is 11.7 Å². The summed E-state index contributed by atoms with van der Waals surface area (Å²) >= 11 is 6.19. The summed E-state index contributed by atoms with van der Waals surface area (Å²) in [6, 6.07) is 12.9. The lowest BCUT2D eigenvalue weighted by Gasteiger charge is -2.32. The fourth-order valence-corrected chi connectivity index (χ4v) is 5.10. The highest BCUT2D eigenvalue weighted by molar-refractivity contribution is 6.31. The normalized spacial score (nSPS) is 19.6. The van der Waals surface area contributed by atoms with Crippen molar-refractivity contribution in [1.82, 2.24) is 4.90 Å². The minimum absolute atomic E-state index is 0.00577. The maximum absolute atomic E-state index is 12.6. The van der Waals surface area contributed by atoms with Crippen molar-refractivity contribution in [2.75, 3.05) is 32.1 Å². The summed E-state index contributed by atoms with van der Waals surface area (Å²) in [5.74, 6) is -0.159. The molecule has 4 rings (SSSR count). The molecule has 0 aliphatic carbocycles. The van der Waals surface area contributed by atoms with Crippen LogP contribution in [-0.2, 0) is 20.5 Å². The molecule has 0 bridgehead atoms. The second kappa shape index (κ2) is 14.9. The van der Waals surface area contributed by atoms with Crippen LogP contribution in [0, 0.1) is 17.2 Å². The largest absolute Gasteiger partial charge is 0.468 e. The van der Waals surface area contributed by atoms with Gasteiger partial charge in [-0.3, -0.25) is 9.69 Å². The Kier molecular flexibility index (Phi) is 12.3. The van der Waals surface area contributed by atoms with Crippen LogP contribution in [0.15, 0.2) is 42.5 Å². The Morgan fingerprint density at radius 2 is 1.74 bits per heavy atom. The van der Waals surface area contributed by atoms with Crippen LogP contribution in [0.1, 0.15) is 62.3 Å². The minimum atomic E-state index is -4.45. The summed E-state index contributed by atoms with van der Waals surface area (Å²) in [6.45, 7) is 5.15. The minimum Gasteiger partial charge on any atom is -0.468 e. The lowest BCUT2D eigenvalue weighted by atomic mass is 9.97. The van der Waals surface area contributed by atoms with Crippen molar-refractivity contribution < 1.29 is 27.5 Å². The van der Waals surface area contributed by atoms with E-state index in [0.717, 1.165) is 41.8 Å². The Labute approximate surface area is 233 Å². The van der Waals surface area contributed by atoms with Crippen molar-refractivity contribution >= 4 is 29.5 Å². The number of likely N-dealkylation sites (N-methyl/N-ethyl adjacent to an activating group) is 1. The molecule has 2 aromatic rings. The van der Waals surface area contributed by atoms with Crippen LogP contribution in [0.3, 0.4) is 0 Å². The molecule has 0 saturated carbocycles. The summed E-state index contributed by atoms with van der Waals surface area (Å²) in [5.41, 5.74) is 0.790. The van der Waals surface area contributed by atoms with E-state index >= 15 is 0 Å². The number of esters is 1. The number of carbonyl (C=O) groups excluding carboxylic acids is 2. The number of rotatable bonds is 4. The van der Waals surface area contributed by atoms with Crippen molar-refractivity contribution in [3.8, 4) is 6.07 Å². The van der Waals surface area contributed by atoms with Gasteiger partial charge in [-0.2, -0.15) is 18.4 Å². The molecule has 6 nitrogen and oxygen atoms in total. The van der Waals surface area contributed by atoms with Gasteiger partial charge in [-0.15, -0.1) is 0 Å². The number of methoxy groups -OCH3 is 1. The third-order valence-electron chi connectivity index (χ3n) is 6.95. The first kappa shape index (κ1) is 32.1. The van der Waals surface area contributed by atoms with Crippen LogP contribution in [0.5, 0.6) is 0 Å². The molecule has 0 amide bonds. The second-order valence-electron chi connectivity index (χ2n) is 9.12. The standard InChI is InChI=1S/C14H13F3N2O.C13H16ClNO2.C2H6/c15-14(16,17)12-1-2-13(11(7-12)8-18)19-5-3-10(9-20)4-6-19;1-15-11(7-8-12(15)13(16)17-2)9-5-3-4-6-10(9)14;1-2/h1-2,7,9-10H,3-6H2;3-6,11-12H,7-8H2,1-2H3;1-2H3. The molecule has 2 fully saturated rings. The molecule has 39 heavy (non-hydrogen) atoms. The Morgan fingerprint density at radius 1 is 1.10 bits per heavy atom. The van der Waals surface area contributed by atoms with E-state index in [1.165, 1.54) is 13.2 Å². The van der Waals surface area contributed by atoms with E-state index in [1.54, 1.807) is 0 Å². The number of carbonyl (C=O) groups is 2. The summed E-state index contributed by atoms with van der Waals surface area (Å²) in [7, 11) is 3.38. The van der Waals surface area contributed by atoms with Crippen LogP contribution in [0.4, 0.5) is 18.9 Å². The number of hydrogen-bond acceptors (Lipinski definition) is 6. The van der Waals surface area contributed by atoms with E-state index in [-0.39, 0.29) is 29.5 Å². The number of nitrogens with zero attached hydrogens (tertiary/aromatic N) is 3. The molecule has 0 radical (unpaired) electrons. The lowest BCUT2D eigenvalue weighted by molar-refractivity contribution is -0.145. The number of nitriles is 1. The van der Waals surface area contributed by atoms with Gasteiger partial charge in [-0.1, -0.05) is 43.6 Å². The predicted molar refractivity (Wildman–Crippen MR) is 146 cm³/mol. The number of anilines is 1. The zero-order valence-electron chi connectivity index (χ0n) is 22.7. The summed E-state index contributed by atoms with van der Waals surface area (Å²) in [4.78, 5) is 26.2. The van der Waals surface area contributed by atoms with Gasteiger partial charge in [-0.25, -0.2) is 0 Å². The number of likely N-dealkylation sites (tertiary alicyclic amines) is 1. The van der Waals surface area contributed by atoms with E-state index in [1.807, 2.05) is 61.0 Å². The number of ether oxygens (including phenoxy) is 1. The summed E-state index contributed by atoms with van der Waals surface area (Å²) in [5, 5.41) is 9.80. The van der Waals surface area contributed by atoms with Crippen molar-refractivity contribution in [3.05, 3.63) is 64.2 Å². The van der Waals surface area contributed by atoms with Gasteiger partial charge in [0.1, 0.15) is 18.4 Å². The number of halogens is 4. The van der Waals surface area contributed by atoms with Crippen molar-refractivity contribution in [2.24, 2.45) is 5.92 Å². The number of hydrogen-bond donors (Lipinski definition) is 0. The van der Waals surface area contributed by atoms with Crippen LogP contribution >= 0.6 is 11.6 Å². The smallest absolute Gasteiger partial charge is 0.416 e. The third-order valence-corrected chi connectivity index (χ3v) is 7.30. The summed E-state index contributed by atoms with van der Waals surface area (Å²) < 4.78 is 42.6. The molecule has 10 heteroatoms. The van der Waals surface area contributed by atoms with Gasteiger partial charge >= 0.3 is 12.1 Å². The number of alkyl halides is 3. The van der Waals surface area contributed by atoms with Gasteiger partial charge in [-0.05, 0) is 62.6 Å². The first-order chi connectivity index (χ1) is 18.6. The third kappa shape index (κ3) is 8.20. The molecule has 0 N–H and O–H groups in total. The van der Waals surface area contributed by atoms with Gasteiger partial charge in [0.15, 0.2) is 0 Å². The van der Waals surface area contributed by atoms with Crippen LogP contribution in [0.25, 0.3) is 0 Å². The zero-order chi connectivity index (χ0) is 29.2. The molecule has 2 aromatic carbocycles. The maximum atomic E-state index is 12.6. The van der Waals surface area contributed by atoms with E-state index in [4.69, 9.17) is 21.6 Å². The molecule has 2 aliphatic rings. The van der Waals surface area contributed by atoms with E-state index in [0.29, 0.717) is 31.6 Å². The molecule has 0 aromatic heterocycles. The molecule has 2 aliphatic heterocycles. The SMILES string of the molecule is CC.COC(=O)C1CCC(c2ccccc2Cl)N1C.N#Cc1cc(C(F)(F)F)ccc1N1CCC(C=O)CC1. The molecule has 212 valence electrons. The molecule has 2 atom stereocenters. The highest BCUT2D eigenvalue weighted by atomic mass is 35.5.